The smallest absolute Gasteiger partial charge is 0.243 e. The van der Waals surface area contributed by atoms with E-state index in [2.05, 4.69) is 4.72 Å². The molecule has 108 valence electrons. The van der Waals surface area contributed by atoms with Crippen LogP contribution in [0, 0.1) is 11.6 Å². The first-order valence-electron chi connectivity index (χ1n) is 5.42. The molecule has 0 saturated heterocycles. The Morgan fingerprint density at radius 2 is 2.05 bits per heavy atom. The van der Waals surface area contributed by atoms with Gasteiger partial charge in [0.25, 0.3) is 0 Å². The maximum absolute atomic E-state index is 13.6. The van der Waals surface area contributed by atoms with Gasteiger partial charge < -0.3 is 5.11 Å². The number of nitrogens with one attached hydrogen (secondary N) is 1. The van der Waals surface area contributed by atoms with Crippen LogP contribution in [0.3, 0.4) is 0 Å². The van der Waals surface area contributed by atoms with Gasteiger partial charge in [0.05, 0.1) is 6.61 Å². The number of hydrogen-bond donors (Lipinski definition) is 2. The third kappa shape index (κ3) is 4.13. The van der Waals surface area contributed by atoms with Crippen LogP contribution in [0.2, 0.25) is 0 Å². The average molecular weight is 311 g/mol. The highest BCUT2D eigenvalue weighted by Gasteiger charge is 2.24. The van der Waals surface area contributed by atoms with Crippen LogP contribution >= 0.6 is 11.8 Å². The summed E-state index contributed by atoms with van der Waals surface area (Å²) >= 11 is 1.43. The fraction of sp³-hybridized carbons (Fsp3) is 0.455. The molecule has 1 aromatic rings. The van der Waals surface area contributed by atoms with Gasteiger partial charge in [-0.3, -0.25) is 0 Å². The Morgan fingerprint density at radius 3 is 2.58 bits per heavy atom. The zero-order chi connectivity index (χ0) is 14.6. The van der Waals surface area contributed by atoms with Crippen LogP contribution in [0.1, 0.15) is 12.5 Å². The van der Waals surface area contributed by atoms with Gasteiger partial charge in [-0.25, -0.2) is 21.9 Å². The van der Waals surface area contributed by atoms with Crippen molar-refractivity contribution >= 4 is 21.8 Å². The summed E-state index contributed by atoms with van der Waals surface area (Å²) in [5.74, 6) is -2.24. The fourth-order valence-corrected chi connectivity index (χ4v) is 3.59. The summed E-state index contributed by atoms with van der Waals surface area (Å²) in [6.07, 6.45) is 1.80. The van der Waals surface area contributed by atoms with Crippen molar-refractivity contribution in [2.45, 2.75) is 24.5 Å². The Bertz CT molecular complexity index is 549. The Hall–Kier alpha value is -0.700. The van der Waals surface area contributed by atoms with Crippen molar-refractivity contribution in [2.75, 3.05) is 12.0 Å². The molecule has 0 amide bonds. The lowest BCUT2D eigenvalue weighted by Gasteiger charge is -2.14. The molecule has 1 aromatic carbocycles. The van der Waals surface area contributed by atoms with E-state index in [-0.39, 0.29) is 5.56 Å². The molecule has 8 heteroatoms. The van der Waals surface area contributed by atoms with E-state index in [1.54, 1.807) is 13.2 Å². The van der Waals surface area contributed by atoms with Crippen molar-refractivity contribution in [3.63, 3.8) is 0 Å². The van der Waals surface area contributed by atoms with E-state index in [9.17, 15) is 17.2 Å². The van der Waals surface area contributed by atoms with E-state index >= 15 is 0 Å². The molecule has 0 bridgehead atoms. The van der Waals surface area contributed by atoms with Crippen LogP contribution in [-0.2, 0) is 16.6 Å². The van der Waals surface area contributed by atoms with E-state index in [0.717, 1.165) is 12.1 Å². The third-order valence-electron chi connectivity index (χ3n) is 2.30. The first kappa shape index (κ1) is 16.4. The first-order chi connectivity index (χ1) is 8.81. The summed E-state index contributed by atoms with van der Waals surface area (Å²) < 4.78 is 53.0. The van der Waals surface area contributed by atoms with E-state index in [4.69, 9.17) is 5.11 Å². The van der Waals surface area contributed by atoms with E-state index < -0.39 is 39.2 Å². The van der Waals surface area contributed by atoms with Gasteiger partial charge in [-0.15, -0.1) is 0 Å². The number of benzene rings is 1. The SMILES string of the molecule is CSCC(C)NS(=O)(=O)c1cc(CO)cc(F)c1F. The van der Waals surface area contributed by atoms with Gasteiger partial charge in [0.15, 0.2) is 11.6 Å². The minimum Gasteiger partial charge on any atom is -0.392 e. The molecule has 0 saturated carbocycles. The Morgan fingerprint density at radius 1 is 1.42 bits per heavy atom. The molecule has 1 unspecified atom stereocenters. The summed E-state index contributed by atoms with van der Waals surface area (Å²) in [5, 5.41) is 8.90. The maximum atomic E-state index is 13.6. The van der Waals surface area contributed by atoms with Crippen LogP contribution < -0.4 is 4.72 Å². The lowest BCUT2D eigenvalue weighted by molar-refractivity contribution is 0.280. The van der Waals surface area contributed by atoms with Gasteiger partial charge in [0.2, 0.25) is 10.0 Å². The molecular weight excluding hydrogens is 296 g/mol. The second-order valence-corrected chi connectivity index (χ2v) is 6.62. The molecule has 0 aromatic heterocycles. The van der Waals surface area contributed by atoms with Crippen LogP contribution in [0.4, 0.5) is 8.78 Å². The fourth-order valence-electron chi connectivity index (χ4n) is 1.52. The van der Waals surface area contributed by atoms with E-state index in [1.165, 1.54) is 11.8 Å². The van der Waals surface area contributed by atoms with E-state index in [1.807, 2.05) is 0 Å². The van der Waals surface area contributed by atoms with E-state index in [0.29, 0.717) is 5.75 Å². The molecule has 2 N–H and O–H groups in total. The van der Waals surface area contributed by atoms with Crippen molar-refractivity contribution in [1.82, 2.24) is 4.72 Å². The summed E-state index contributed by atoms with van der Waals surface area (Å²) in [7, 11) is -4.16. The molecular formula is C11H15F2NO3S2. The minimum atomic E-state index is -4.16. The standard InChI is InChI=1S/C11H15F2NO3S2/c1-7(6-18-2)14-19(16,17)10-4-8(5-15)3-9(12)11(10)13/h3-4,7,14-15H,5-6H2,1-2H3. The number of halogens is 2. The Labute approximate surface area is 115 Å². The number of aliphatic hydroxyl groups is 1. The van der Waals surface area contributed by atoms with Crippen LogP contribution in [-0.4, -0.2) is 31.6 Å². The summed E-state index contributed by atoms with van der Waals surface area (Å²) in [6.45, 7) is 1.05. The monoisotopic (exact) mass is 311 g/mol. The van der Waals surface area contributed by atoms with Crippen LogP contribution in [0.25, 0.3) is 0 Å². The normalized spacial score (nSPS) is 13.5. The number of aliphatic hydroxyl groups excluding tert-OH is 1. The van der Waals surface area contributed by atoms with Crippen molar-refractivity contribution in [2.24, 2.45) is 0 Å². The number of rotatable bonds is 6. The van der Waals surface area contributed by atoms with Crippen molar-refractivity contribution < 1.29 is 22.3 Å². The molecule has 0 fully saturated rings. The van der Waals surface area contributed by atoms with Gasteiger partial charge in [-0.2, -0.15) is 11.8 Å². The third-order valence-corrected chi connectivity index (χ3v) is 4.72. The zero-order valence-corrected chi connectivity index (χ0v) is 12.1. The van der Waals surface area contributed by atoms with Crippen LogP contribution in [0.5, 0.6) is 0 Å². The van der Waals surface area contributed by atoms with Crippen molar-refractivity contribution in [3.8, 4) is 0 Å². The molecule has 0 heterocycles. The second kappa shape index (κ2) is 6.65. The molecule has 1 atom stereocenters. The highest BCUT2D eigenvalue weighted by Crippen LogP contribution is 2.20. The van der Waals surface area contributed by atoms with Gasteiger partial charge in [0, 0.05) is 11.8 Å². The lowest BCUT2D eigenvalue weighted by Crippen LogP contribution is -2.34. The molecule has 4 nitrogen and oxygen atoms in total. The quantitative estimate of drug-likeness (QED) is 0.835. The number of sulfonamides is 1. The number of thioether (sulfide) groups is 1. The minimum absolute atomic E-state index is 0.00297. The first-order valence-corrected chi connectivity index (χ1v) is 8.29. The molecule has 0 aliphatic carbocycles. The van der Waals surface area contributed by atoms with Gasteiger partial charge >= 0.3 is 0 Å². The predicted molar refractivity (Wildman–Crippen MR) is 70.4 cm³/mol. The second-order valence-electron chi connectivity index (χ2n) is 4.03. The number of hydrogen-bond acceptors (Lipinski definition) is 4. The molecule has 0 aliphatic rings. The topological polar surface area (TPSA) is 66.4 Å². The summed E-state index contributed by atoms with van der Waals surface area (Å²) in [4.78, 5) is -0.787. The maximum Gasteiger partial charge on any atom is 0.243 e. The summed E-state index contributed by atoms with van der Waals surface area (Å²) in [6, 6.07) is 1.27. The van der Waals surface area contributed by atoms with Crippen LogP contribution in [0.15, 0.2) is 17.0 Å². The predicted octanol–water partition coefficient (Wildman–Crippen LogP) is 1.49. The average Bonchev–Trinajstić information content (AvgIpc) is 2.31. The molecule has 0 spiro atoms. The van der Waals surface area contributed by atoms with Gasteiger partial charge in [-0.05, 0) is 30.9 Å². The van der Waals surface area contributed by atoms with Gasteiger partial charge in [-0.1, -0.05) is 0 Å². The Balaban J connectivity index is 3.17. The summed E-state index contributed by atoms with van der Waals surface area (Å²) in [5.41, 5.74) is -0.00297. The largest absolute Gasteiger partial charge is 0.392 e. The highest BCUT2D eigenvalue weighted by atomic mass is 32.2. The molecule has 19 heavy (non-hydrogen) atoms. The van der Waals surface area contributed by atoms with Crippen molar-refractivity contribution in [3.05, 3.63) is 29.3 Å². The molecule has 0 radical (unpaired) electrons. The zero-order valence-electron chi connectivity index (χ0n) is 10.5. The molecule has 0 aliphatic heterocycles. The Kier molecular flexibility index (Phi) is 5.72. The van der Waals surface area contributed by atoms with Gasteiger partial charge in [0.1, 0.15) is 4.90 Å². The van der Waals surface area contributed by atoms with Crippen molar-refractivity contribution in [1.29, 1.82) is 0 Å². The molecule has 1 rings (SSSR count). The highest BCUT2D eigenvalue weighted by molar-refractivity contribution is 7.98. The lowest BCUT2D eigenvalue weighted by atomic mass is 10.2.